The summed E-state index contributed by atoms with van der Waals surface area (Å²) in [5, 5.41) is 4.22. The molecule has 3 heterocycles. The van der Waals surface area contributed by atoms with E-state index in [1.807, 2.05) is 16.2 Å². The number of hydrogen-bond acceptors (Lipinski definition) is 4. The largest absolute Gasteiger partial charge is 0.469 e. The number of esters is 1. The molecular weight excluding hydrogens is 446 g/mol. The number of nitrogens with zero attached hydrogens (tertiary/aromatic N) is 2. The second-order valence-corrected chi connectivity index (χ2v) is 10.1. The number of rotatable bonds is 5. The van der Waals surface area contributed by atoms with Crippen LogP contribution >= 0.6 is 11.3 Å². The lowest BCUT2D eigenvalue weighted by Gasteiger charge is -2.31. The average molecular weight is 478 g/mol. The molecule has 1 aliphatic carbocycles. The number of thiophene rings is 1. The van der Waals surface area contributed by atoms with E-state index in [0.29, 0.717) is 6.54 Å². The van der Waals surface area contributed by atoms with Crippen LogP contribution in [-0.4, -0.2) is 35.1 Å². The number of aryl methyl sites for hydroxylation is 2. The zero-order valence-electron chi connectivity index (χ0n) is 19.8. The fourth-order valence-corrected chi connectivity index (χ4v) is 6.55. The van der Waals surface area contributed by atoms with Gasteiger partial charge in [-0.1, -0.05) is 31.2 Å². The Balaban J connectivity index is 1.57. The molecule has 0 unspecified atom stereocenters. The Kier molecular flexibility index (Phi) is 6.46. The molecule has 0 bridgehead atoms. The van der Waals surface area contributed by atoms with E-state index in [-0.39, 0.29) is 31.0 Å². The normalized spacial score (nSPS) is 16.8. The average Bonchev–Trinajstić information content (AvgIpc) is 3.46. The molecule has 0 saturated heterocycles. The van der Waals surface area contributed by atoms with Crippen LogP contribution in [0.15, 0.2) is 42.6 Å². The number of carbonyl (C=O) groups is 2. The summed E-state index contributed by atoms with van der Waals surface area (Å²) in [6.45, 7) is 2.94. The summed E-state index contributed by atoms with van der Waals surface area (Å²) < 4.78 is 7.03. The quantitative estimate of drug-likeness (QED) is 0.517. The van der Waals surface area contributed by atoms with Crippen LogP contribution in [0.2, 0.25) is 0 Å². The van der Waals surface area contributed by atoms with Crippen molar-refractivity contribution in [1.82, 2.24) is 14.8 Å². The lowest BCUT2D eigenvalue weighted by Crippen LogP contribution is -2.42. The number of nitrogens with one attached hydrogen (secondary N) is 1. The number of urea groups is 1. The summed E-state index contributed by atoms with van der Waals surface area (Å²) in [5.74, 6) is -0.328. The predicted molar refractivity (Wildman–Crippen MR) is 134 cm³/mol. The number of hydrogen-bond donors (Lipinski definition) is 1. The summed E-state index contributed by atoms with van der Waals surface area (Å²) in [6.07, 6.45) is 7.88. The van der Waals surface area contributed by atoms with E-state index >= 15 is 0 Å². The number of benzene rings is 1. The first kappa shape index (κ1) is 22.7. The number of methoxy groups -OCH3 is 1. The molecule has 178 valence electrons. The number of fused-ring (bicyclic) bond motifs is 5. The summed E-state index contributed by atoms with van der Waals surface area (Å²) in [7, 11) is 1.37. The van der Waals surface area contributed by atoms with Gasteiger partial charge in [0.05, 0.1) is 31.8 Å². The van der Waals surface area contributed by atoms with E-state index in [9.17, 15) is 9.59 Å². The molecule has 0 radical (unpaired) electrons. The predicted octanol–water partition coefficient (Wildman–Crippen LogP) is 5.16. The van der Waals surface area contributed by atoms with Crippen molar-refractivity contribution in [3.63, 3.8) is 0 Å². The van der Waals surface area contributed by atoms with Gasteiger partial charge >= 0.3 is 12.0 Å². The maximum atomic E-state index is 13.6. The molecule has 1 aliphatic heterocycles. The molecule has 2 aliphatic rings. The third-order valence-electron chi connectivity index (χ3n) is 6.98. The smallest absolute Gasteiger partial charge is 0.318 e. The zero-order valence-corrected chi connectivity index (χ0v) is 20.6. The van der Waals surface area contributed by atoms with Crippen molar-refractivity contribution in [3.05, 3.63) is 75.4 Å². The lowest BCUT2D eigenvalue weighted by molar-refractivity contribution is -0.140. The Morgan fingerprint density at radius 2 is 1.91 bits per heavy atom. The van der Waals surface area contributed by atoms with Crippen molar-refractivity contribution in [2.24, 2.45) is 0 Å². The van der Waals surface area contributed by atoms with E-state index in [4.69, 9.17) is 4.74 Å². The van der Waals surface area contributed by atoms with Gasteiger partial charge in [0.2, 0.25) is 0 Å². The molecule has 5 rings (SSSR count). The number of aromatic nitrogens is 1. The Morgan fingerprint density at radius 3 is 2.68 bits per heavy atom. The van der Waals surface area contributed by atoms with E-state index < -0.39 is 0 Å². The molecule has 6 nitrogen and oxygen atoms in total. The highest BCUT2D eigenvalue weighted by molar-refractivity contribution is 7.15. The topological polar surface area (TPSA) is 63.6 Å². The van der Waals surface area contributed by atoms with Crippen LogP contribution in [-0.2, 0) is 35.3 Å². The highest BCUT2D eigenvalue weighted by atomic mass is 32.1. The molecule has 1 aromatic carbocycles. The van der Waals surface area contributed by atoms with Crippen LogP contribution < -0.4 is 5.32 Å². The third-order valence-corrected chi connectivity index (χ3v) is 8.31. The second-order valence-electron chi connectivity index (χ2n) is 8.98. The first-order valence-electron chi connectivity index (χ1n) is 12.1. The lowest BCUT2D eigenvalue weighted by atomic mass is 9.95. The molecule has 2 amide bonds. The maximum Gasteiger partial charge on any atom is 0.318 e. The monoisotopic (exact) mass is 477 g/mol. The van der Waals surface area contributed by atoms with E-state index in [0.717, 1.165) is 30.5 Å². The van der Waals surface area contributed by atoms with E-state index in [2.05, 4.69) is 59.4 Å². The number of carbonyl (C=O) groups excluding carboxylic acids is 2. The summed E-state index contributed by atoms with van der Waals surface area (Å²) in [4.78, 5) is 28.6. The molecule has 0 spiro atoms. The van der Waals surface area contributed by atoms with Crippen molar-refractivity contribution in [2.45, 2.75) is 58.0 Å². The molecule has 2 aromatic heterocycles. The van der Waals surface area contributed by atoms with Crippen LogP contribution in [0.25, 0.3) is 5.00 Å². The molecule has 34 heavy (non-hydrogen) atoms. The van der Waals surface area contributed by atoms with Crippen LogP contribution in [0.5, 0.6) is 0 Å². The van der Waals surface area contributed by atoms with Crippen LogP contribution in [0.3, 0.4) is 0 Å². The number of ether oxygens (including phenoxy) is 1. The highest BCUT2D eigenvalue weighted by Crippen LogP contribution is 2.44. The Labute approximate surface area is 204 Å². The van der Waals surface area contributed by atoms with Gasteiger partial charge in [-0.25, -0.2) is 4.79 Å². The van der Waals surface area contributed by atoms with Gasteiger partial charge < -0.3 is 19.5 Å². The van der Waals surface area contributed by atoms with Crippen LogP contribution in [0.1, 0.15) is 65.1 Å². The fourth-order valence-electron chi connectivity index (χ4n) is 5.15. The molecule has 7 heteroatoms. The van der Waals surface area contributed by atoms with Gasteiger partial charge in [0.15, 0.2) is 0 Å². The molecule has 1 N–H and O–H groups in total. The van der Waals surface area contributed by atoms with Gasteiger partial charge in [-0.05, 0) is 60.9 Å². The Hall–Kier alpha value is -3.06. The van der Waals surface area contributed by atoms with Gasteiger partial charge in [-0.2, -0.15) is 0 Å². The summed E-state index contributed by atoms with van der Waals surface area (Å²) in [6, 6.07) is 12.4. The third kappa shape index (κ3) is 4.13. The van der Waals surface area contributed by atoms with Crippen molar-refractivity contribution >= 4 is 23.3 Å². The maximum absolute atomic E-state index is 13.6. The highest BCUT2D eigenvalue weighted by Gasteiger charge is 2.36. The Bertz CT molecular complexity index is 1190. The minimum atomic E-state index is -0.328. The molecular formula is C27H31N3O3S. The Morgan fingerprint density at radius 1 is 1.12 bits per heavy atom. The summed E-state index contributed by atoms with van der Waals surface area (Å²) >= 11 is 1.88. The second kappa shape index (κ2) is 9.66. The van der Waals surface area contributed by atoms with Gasteiger partial charge in [0, 0.05) is 23.2 Å². The van der Waals surface area contributed by atoms with E-state index in [1.54, 1.807) is 0 Å². The molecule has 3 aromatic rings. The van der Waals surface area contributed by atoms with Crippen molar-refractivity contribution in [1.29, 1.82) is 0 Å². The summed E-state index contributed by atoms with van der Waals surface area (Å²) in [5.41, 5.74) is 6.15. The first-order chi connectivity index (χ1) is 16.6. The van der Waals surface area contributed by atoms with Gasteiger partial charge in [-0.3, -0.25) is 4.79 Å². The number of amides is 2. The van der Waals surface area contributed by atoms with Gasteiger partial charge in [-0.15, -0.1) is 11.3 Å². The fraction of sp³-hybridized carbons (Fsp3) is 0.407. The first-order valence-corrected chi connectivity index (χ1v) is 12.9. The van der Waals surface area contributed by atoms with Crippen molar-refractivity contribution in [2.75, 3.05) is 13.7 Å². The van der Waals surface area contributed by atoms with Crippen molar-refractivity contribution in [3.8, 4) is 5.00 Å². The van der Waals surface area contributed by atoms with Gasteiger partial charge in [0.25, 0.3) is 0 Å². The zero-order chi connectivity index (χ0) is 23.7. The minimum Gasteiger partial charge on any atom is -0.469 e. The minimum absolute atomic E-state index is 0.154. The molecule has 0 fully saturated rings. The van der Waals surface area contributed by atoms with Crippen LogP contribution in [0, 0.1) is 0 Å². The molecule has 1 atom stereocenters. The van der Waals surface area contributed by atoms with Crippen LogP contribution in [0.4, 0.5) is 4.79 Å². The molecule has 0 saturated carbocycles. The van der Waals surface area contributed by atoms with Gasteiger partial charge in [0.1, 0.15) is 5.00 Å². The van der Waals surface area contributed by atoms with Crippen molar-refractivity contribution < 1.29 is 14.3 Å². The van der Waals surface area contributed by atoms with E-state index in [1.165, 1.54) is 46.5 Å². The SMILES string of the molecule is CCc1ccc([C@@H]2c3cccn3-c3sc4c(c3CN2C(=O)NCCC(=O)OC)CCCC4)cc1. The standard InChI is InChI=1S/C27H31N3O3S/c1-3-18-10-12-19(13-11-18)25-22-8-6-16-29(22)26-21(20-7-4-5-9-23(20)34-26)17-30(25)27(32)28-15-14-24(31)33-2/h6,8,10-13,16,25H,3-5,7,9,14-15,17H2,1-2H3,(H,28,32)/t25-/m1/s1.